The van der Waals surface area contributed by atoms with Gasteiger partial charge in [-0.2, -0.15) is 0 Å². The predicted octanol–water partition coefficient (Wildman–Crippen LogP) is 3.77. The first-order chi connectivity index (χ1) is 8.04. The summed E-state index contributed by atoms with van der Waals surface area (Å²) in [7, 11) is 1.40. The van der Waals surface area contributed by atoms with Crippen LogP contribution in [0, 0.1) is 0 Å². The van der Waals surface area contributed by atoms with Crippen LogP contribution in [0.4, 0.5) is 0 Å². The largest absolute Gasteiger partial charge is 0.465 e. The molecule has 0 radical (unpaired) electrons. The number of aromatic nitrogens is 1. The third kappa shape index (κ3) is 2.09. The molecule has 1 aromatic carbocycles. The van der Waals surface area contributed by atoms with Crippen molar-refractivity contribution in [3.63, 3.8) is 0 Å². The molecule has 2 aromatic rings. The highest BCUT2D eigenvalue weighted by Gasteiger charge is 2.16. The molecule has 0 aliphatic carbocycles. The lowest BCUT2D eigenvalue weighted by molar-refractivity contribution is 0.0602. The van der Waals surface area contributed by atoms with Gasteiger partial charge in [0.15, 0.2) is 0 Å². The fourth-order valence-electron chi connectivity index (χ4n) is 1.92. The second-order valence-corrected chi connectivity index (χ2v) is 5.11. The number of benzene rings is 1. The van der Waals surface area contributed by atoms with Crippen molar-refractivity contribution in [2.24, 2.45) is 0 Å². The van der Waals surface area contributed by atoms with Gasteiger partial charge in [-0.25, -0.2) is 4.79 Å². The van der Waals surface area contributed by atoms with Crippen LogP contribution in [0.1, 0.15) is 30.2 Å². The molecule has 0 saturated heterocycles. The number of carbonyl (C=O) groups is 1. The third-order valence-corrected chi connectivity index (χ3v) is 3.25. The molecule has 3 nitrogen and oxygen atoms in total. The molecule has 0 saturated carbocycles. The van der Waals surface area contributed by atoms with Crippen LogP contribution in [0.15, 0.2) is 28.9 Å². The van der Waals surface area contributed by atoms with Crippen molar-refractivity contribution >= 4 is 32.8 Å². The molecule has 2 rings (SSSR count). The van der Waals surface area contributed by atoms with Crippen molar-refractivity contribution < 1.29 is 9.53 Å². The fraction of sp³-hybridized carbons (Fsp3) is 0.308. The highest BCUT2D eigenvalue weighted by atomic mass is 79.9. The minimum atomic E-state index is -0.295. The molecule has 0 fully saturated rings. The van der Waals surface area contributed by atoms with E-state index in [1.807, 2.05) is 24.4 Å². The Labute approximate surface area is 108 Å². The first kappa shape index (κ1) is 12.2. The first-order valence-corrected chi connectivity index (χ1v) is 6.22. The van der Waals surface area contributed by atoms with Gasteiger partial charge < -0.3 is 9.30 Å². The van der Waals surface area contributed by atoms with Gasteiger partial charge in [0.1, 0.15) is 0 Å². The molecule has 0 atom stereocenters. The van der Waals surface area contributed by atoms with Gasteiger partial charge in [-0.15, -0.1) is 0 Å². The van der Waals surface area contributed by atoms with E-state index in [0.29, 0.717) is 11.6 Å². The predicted molar refractivity (Wildman–Crippen MR) is 71.4 cm³/mol. The van der Waals surface area contributed by atoms with Crippen LogP contribution in [-0.2, 0) is 4.74 Å². The van der Waals surface area contributed by atoms with E-state index in [-0.39, 0.29) is 5.97 Å². The summed E-state index contributed by atoms with van der Waals surface area (Å²) in [6.07, 6.45) is 1.85. The molecular formula is C13H14BrNO2. The summed E-state index contributed by atoms with van der Waals surface area (Å²) in [5.41, 5.74) is 1.65. The Morgan fingerprint density at radius 2 is 2.12 bits per heavy atom. The second kappa shape index (κ2) is 4.53. The van der Waals surface area contributed by atoms with Gasteiger partial charge >= 0.3 is 5.97 Å². The van der Waals surface area contributed by atoms with E-state index in [4.69, 9.17) is 4.74 Å². The number of esters is 1. The molecule has 4 heteroatoms. The van der Waals surface area contributed by atoms with Crippen LogP contribution >= 0.6 is 15.9 Å². The Morgan fingerprint density at radius 3 is 2.71 bits per heavy atom. The van der Waals surface area contributed by atoms with Crippen LogP contribution in [-0.4, -0.2) is 17.6 Å². The fourth-order valence-corrected chi connectivity index (χ4v) is 2.27. The summed E-state index contributed by atoms with van der Waals surface area (Å²) < 4.78 is 7.88. The second-order valence-electron chi connectivity index (χ2n) is 4.20. The normalized spacial score (nSPS) is 11.1. The standard InChI is InChI=1S/C13H14BrNO2/c1-8(2)15-7-11(13(16)17-3)10-5-4-9(14)6-12(10)15/h4-8H,1-3H3. The number of fused-ring (bicyclic) bond motifs is 1. The number of methoxy groups -OCH3 is 1. The summed E-state index contributed by atoms with van der Waals surface area (Å²) in [5.74, 6) is -0.295. The maximum absolute atomic E-state index is 11.7. The molecular weight excluding hydrogens is 282 g/mol. The molecule has 1 heterocycles. The van der Waals surface area contributed by atoms with E-state index in [2.05, 4.69) is 34.3 Å². The Morgan fingerprint density at radius 1 is 1.41 bits per heavy atom. The molecule has 0 bridgehead atoms. The molecule has 0 N–H and O–H groups in total. The van der Waals surface area contributed by atoms with Gasteiger partial charge in [-0.1, -0.05) is 22.0 Å². The summed E-state index contributed by atoms with van der Waals surface area (Å²) in [5, 5.41) is 0.925. The van der Waals surface area contributed by atoms with E-state index in [1.54, 1.807) is 0 Å². The average Bonchev–Trinajstić information content (AvgIpc) is 2.66. The lowest BCUT2D eigenvalue weighted by Gasteiger charge is -2.08. The van der Waals surface area contributed by atoms with Crippen molar-refractivity contribution in [1.29, 1.82) is 0 Å². The average molecular weight is 296 g/mol. The highest BCUT2D eigenvalue weighted by Crippen LogP contribution is 2.27. The van der Waals surface area contributed by atoms with Crippen molar-refractivity contribution in [2.45, 2.75) is 19.9 Å². The summed E-state index contributed by atoms with van der Waals surface area (Å²) in [6.45, 7) is 4.17. The molecule has 0 spiro atoms. The SMILES string of the molecule is COC(=O)c1cn(C(C)C)c2cc(Br)ccc12. The van der Waals surface area contributed by atoms with E-state index in [1.165, 1.54) is 7.11 Å². The number of halogens is 1. The van der Waals surface area contributed by atoms with Crippen LogP contribution in [0.3, 0.4) is 0 Å². The third-order valence-electron chi connectivity index (χ3n) is 2.76. The summed E-state index contributed by atoms with van der Waals surface area (Å²) >= 11 is 3.45. The number of carbonyl (C=O) groups excluding carboxylic acids is 1. The van der Waals surface area contributed by atoms with E-state index < -0.39 is 0 Å². The van der Waals surface area contributed by atoms with Gasteiger partial charge in [-0.3, -0.25) is 0 Å². The topological polar surface area (TPSA) is 31.2 Å². The maximum atomic E-state index is 11.7. The molecule has 90 valence electrons. The smallest absolute Gasteiger partial charge is 0.340 e. The Kier molecular flexibility index (Phi) is 3.24. The number of hydrogen-bond donors (Lipinski definition) is 0. The maximum Gasteiger partial charge on any atom is 0.340 e. The zero-order chi connectivity index (χ0) is 12.6. The van der Waals surface area contributed by atoms with Gasteiger partial charge in [0.25, 0.3) is 0 Å². The van der Waals surface area contributed by atoms with Crippen molar-refractivity contribution in [3.8, 4) is 0 Å². The van der Waals surface area contributed by atoms with Crippen LogP contribution in [0.25, 0.3) is 10.9 Å². The zero-order valence-electron chi connectivity index (χ0n) is 10.0. The van der Waals surface area contributed by atoms with Gasteiger partial charge in [0.05, 0.1) is 18.2 Å². The Hall–Kier alpha value is -1.29. The molecule has 0 unspecified atom stereocenters. The minimum Gasteiger partial charge on any atom is -0.465 e. The lowest BCUT2D eigenvalue weighted by Crippen LogP contribution is -2.01. The van der Waals surface area contributed by atoms with Crippen molar-refractivity contribution in [2.75, 3.05) is 7.11 Å². The lowest BCUT2D eigenvalue weighted by atomic mass is 10.2. The van der Waals surface area contributed by atoms with Gasteiger partial charge in [-0.05, 0) is 26.0 Å². The number of nitrogens with zero attached hydrogens (tertiary/aromatic N) is 1. The molecule has 0 aliphatic heterocycles. The minimum absolute atomic E-state index is 0.295. The highest BCUT2D eigenvalue weighted by molar-refractivity contribution is 9.10. The quantitative estimate of drug-likeness (QED) is 0.790. The number of hydrogen-bond acceptors (Lipinski definition) is 2. The molecule has 17 heavy (non-hydrogen) atoms. The van der Waals surface area contributed by atoms with Gasteiger partial charge in [0.2, 0.25) is 0 Å². The van der Waals surface area contributed by atoms with Crippen LogP contribution < -0.4 is 0 Å². The monoisotopic (exact) mass is 295 g/mol. The molecule has 0 aliphatic rings. The van der Waals surface area contributed by atoms with E-state index >= 15 is 0 Å². The van der Waals surface area contributed by atoms with Crippen molar-refractivity contribution in [3.05, 3.63) is 34.4 Å². The Balaban J connectivity index is 2.75. The zero-order valence-corrected chi connectivity index (χ0v) is 11.6. The summed E-state index contributed by atoms with van der Waals surface area (Å²) in [6, 6.07) is 6.18. The van der Waals surface area contributed by atoms with Crippen molar-refractivity contribution in [1.82, 2.24) is 4.57 Å². The van der Waals surface area contributed by atoms with E-state index in [9.17, 15) is 4.79 Å². The van der Waals surface area contributed by atoms with E-state index in [0.717, 1.165) is 15.4 Å². The van der Waals surface area contributed by atoms with Crippen LogP contribution in [0.5, 0.6) is 0 Å². The molecule has 1 aromatic heterocycles. The summed E-state index contributed by atoms with van der Waals surface area (Å²) in [4.78, 5) is 11.7. The molecule has 0 amide bonds. The first-order valence-electron chi connectivity index (χ1n) is 5.43. The van der Waals surface area contributed by atoms with Crippen LogP contribution in [0.2, 0.25) is 0 Å². The number of ether oxygens (including phenoxy) is 1. The Bertz CT molecular complexity index is 572. The van der Waals surface area contributed by atoms with Gasteiger partial charge in [0, 0.05) is 22.1 Å². The number of rotatable bonds is 2.